The molecule has 0 fully saturated rings. The van der Waals surface area contributed by atoms with Crippen molar-refractivity contribution >= 4 is 17.5 Å². The van der Waals surface area contributed by atoms with Crippen molar-refractivity contribution in [2.75, 3.05) is 12.4 Å². The van der Waals surface area contributed by atoms with Crippen LogP contribution in [0.25, 0.3) is 0 Å². The number of hydrogen-bond acceptors (Lipinski definition) is 5. The van der Waals surface area contributed by atoms with Crippen LogP contribution in [-0.2, 0) is 11.3 Å². The molecule has 3 aromatic rings. The molecular weight excluding hydrogens is 394 g/mol. The largest absolute Gasteiger partial charge is 0.493 e. The molecule has 1 atom stereocenters. The third-order valence-electron chi connectivity index (χ3n) is 4.61. The number of pyridine rings is 1. The molecule has 0 radical (unpaired) electrons. The number of nitrogens with zero attached hydrogens (tertiary/aromatic N) is 1. The fourth-order valence-corrected chi connectivity index (χ4v) is 2.98. The summed E-state index contributed by atoms with van der Waals surface area (Å²) in [6, 6.07) is 17.7. The highest BCUT2D eigenvalue weighted by molar-refractivity contribution is 6.04. The number of anilines is 1. The number of amides is 2. The summed E-state index contributed by atoms with van der Waals surface area (Å²) in [5.74, 6) is 0.387. The molecule has 0 unspecified atom stereocenters. The van der Waals surface area contributed by atoms with Gasteiger partial charge < -0.3 is 20.1 Å². The van der Waals surface area contributed by atoms with Crippen molar-refractivity contribution in [1.82, 2.24) is 10.3 Å². The van der Waals surface area contributed by atoms with Crippen molar-refractivity contribution < 1.29 is 19.1 Å². The Morgan fingerprint density at radius 1 is 1.00 bits per heavy atom. The number of ether oxygens (including phenoxy) is 2. The van der Waals surface area contributed by atoms with Gasteiger partial charge in [0, 0.05) is 18.9 Å². The molecule has 0 saturated carbocycles. The van der Waals surface area contributed by atoms with Crippen molar-refractivity contribution in [3.8, 4) is 11.5 Å². The van der Waals surface area contributed by atoms with E-state index < -0.39 is 6.10 Å². The molecule has 1 heterocycles. The van der Waals surface area contributed by atoms with E-state index in [1.165, 1.54) is 0 Å². The van der Waals surface area contributed by atoms with Gasteiger partial charge in [-0.15, -0.1) is 0 Å². The van der Waals surface area contributed by atoms with Gasteiger partial charge in [0.15, 0.2) is 17.6 Å². The van der Waals surface area contributed by atoms with Gasteiger partial charge in [-0.25, -0.2) is 0 Å². The molecule has 31 heavy (non-hydrogen) atoms. The van der Waals surface area contributed by atoms with Crippen molar-refractivity contribution in [3.63, 3.8) is 0 Å². The van der Waals surface area contributed by atoms with Gasteiger partial charge in [-0.05, 0) is 42.3 Å². The number of methoxy groups -OCH3 is 1. The van der Waals surface area contributed by atoms with Crippen molar-refractivity contribution in [3.05, 3.63) is 84.2 Å². The molecule has 2 N–H and O–H groups in total. The smallest absolute Gasteiger partial charge is 0.265 e. The highest BCUT2D eigenvalue weighted by atomic mass is 16.5. The highest BCUT2D eigenvalue weighted by Gasteiger charge is 2.22. The van der Waals surface area contributed by atoms with E-state index in [4.69, 9.17) is 9.47 Å². The van der Waals surface area contributed by atoms with Gasteiger partial charge >= 0.3 is 0 Å². The lowest BCUT2D eigenvalue weighted by molar-refractivity contribution is -0.122. The van der Waals surface area contributed by atoms with Crippen molar-refractivity contribution in [2.24, 2.45) is 0 Å². The van der Waals surface area contributed by atoms with Gasteiger partial charge in [-0.3, -0.25) is 14.6 Å². The summed E-state index contributed by atoms with van der Waals surface area (Å²) >= 11 is 0. The number of nitrogens with one attached hydrogen (secondary N) is 2. The van der Waals surface area contributed by atoms with Gasteiger partial charge in [0.1, 0.15) is 0 Å². The maximum atomic E-state index is 12.9. The molecule has 0 saturated heterocycles. The average Bonchev–Trinajstić information content (AvgIpc) is 2.82. The molecule has 7 nitrogen and oxygen atoms in total. The highest BCUT2D eigenvalue weighted by Crippen LogP contribution is 2.27. The molecule has 0 spiro atoms. The van der Waals surface area contributed by atoms with Crippen LogP contribution in [0.3, 0.4) is 0 Å². The fraction of sp³-hybridized carbons (Fsp3) is 0.208. The summed E-state index contributed by atoms with van der Waals surface area (Å²) in [5.41, 5.74) is 1.67. The Hall–Kier alpha value is -3.87. The van der Waals surface area contributed by atoms with E-state index in [1.54, 1.807) is 55.9 Å². The minimum absolute atomic E-state index is 0.293. The molecule has 2 aromatic carbocycles. The van der Waals surface area contributed by atoms with Gasteiger partial charge in [-0.2, -0.15) is 0 Å². The van der Waals surface area contributed by atoms with E-state index in [2.05, 4.69) is 15.6 Å². The van der Waals surface area contributed by atoms with E-state index in [0.29, 0.717) is 35.7 Å². The van der Waals surface area contributed by atoms with Gasteiger partial charge in [-0.1, -0.05) is 37.3 Å². The Labute approximate surface area is 181 Å². The first kappa shape index (κ1) is 21.8. The maximum absolute atomic E-state index is 12.9. The quantitative estimate of drug-likeness (QED) is 0.550. The second kappa shape index (κ2) is 10.8. The fourth-order valence-electron chi connectivity index (χ4n) is 2.98. The Morgan fingerprint density at radius 3 is 2.45 bits per heavy atom. The van der Waals surface area contributed by atoms with Crippen LogP contribution in [0.1, 0.15) is 29.3 Å². The number of benzene rings is 2. The van der Waals surface area contributed by atoms with Crippen LogP contribution in [0.2, 0.25) is 0 Å². The number of rotatable bonds is 9. The molecule has 0 aliphatic heterocycles. The lowest BCUT2D eigenvalue weighted by Gasteiger charge is -2.19. The summed E-state index contributed by atoms with van der Waals surface area (Å²) in [5, 5.41) is 5.67. The molecule has 0 bridgehead atoms. The Kier molecular flexibility index (Phi) is 7.59. The van der Waals surface area contributed by atoms with Crippen LogP contribution in [0.4, 0.5) is 5.69 Å². The summed E-state index contributed by atoms with van der Waals surface area (Å²) in [6.07, 6.45) is 3.06. The minimum atomic E-state index is -0.747. The van der Waals surface area contributed by atoms with Crippen LogP contribution in [0.15, 0.2) is 73.1 Å². The zero-order valence-electron chi connectivity index (χ0n) is 17.5. The first-order valence-electron chi connectivity index (χ1n) is 9.99. The lowest BCUT2D eigenvalue weighted by Crippen LogP contribution is -2.33. The SMILES string of the molecule is CC[C@@H](Oc1ccccc1OC)C(=O)Nc1ccccc1C(=O)NCc1cccnc1. The van der Waals surface area contributed by atoms with E-state index in [9.17, 15) is 9.59 Å². The minimum Gasteiger partial charge on any atom is -0.493 e. The number of carbonyl (C=O) groups is 2. The third kappa shape index (κ3) is 5.82. The van der Waals surface area contributed by atoms with Gasteiger partial charge in [0.2, 0.25) is 0 Å². The van der Waals surface area contributed by atoms with Crippen molar-refractivity contribution in [2.45, 2.75) is 26.0 Å². The van der Waals surface area contributed by atoms with Crippen LogP contribution in [-0.4, -0.2) is 30.0 Å². The monoisotopic (exact) mass is 419 g/mol. The van der Waals surface area contributed by atoms with E-state index in [-0.39, 0.29) is 11.8 Å². The number of aromatic nitrogens is 1. The van der Waals surface area contributed by atoms with E-state index >= 15 is 0 Å². The Balaban J connectivity index is 1.69. The number of hydrogen-bond donors (Lipinski definition) is 2. The average molecular weight is 419 g/mol. The molecular formula is C24H25N3O4. The van der Waals surface area contributed by atoms with E-state index in [1.807, 2.05) is 31.2 Å². The molecule has 3 rings (SSSR count). The Morgan fingerprint density at radius 2 is 1.74 bits per heavy atom. The van der Waals surface area contributed by atoms with Gasteiger partial charge in [0.25, 0.3) is 11.8 Å². The summed E-state index contributed by atoms with van der Waals surface area (Å²) in [6.45, 7) is 2.19. The molecule has 0 aliphatic rings. The van der Waals surface area contributed by atoms with Crippen molar-refractivity contribution in [1.29, 1.82) is 0 Å². The summed E-state index contributed by atoms with van der Waals surface area (Å²) in [4.78, 5) is 29.6. The zero-order valence-corrected chi connectivity index (χ0v) is 17.5. The molecule has 7 heteroatoms. The lowest BCUT2D eigenvalue weighted by atomic mass is 10.1. The second-order valence-corrected chi connectivity index (χ2v) is 6.74. The first-order valence-corrected chi connectivity index (χ1v) is 9.99. The normalized spacial score (nSPS) is 11.3. The first-order chi connectivity index (χ1) is 15.1. The summed E-state index contributed by atoms with van der Waals surface area (Å²) in [7, 11) is 1.55. The van der Waals surface area contributed by atoms with Crippen LogP contribution < -0.4 is 20.1 Å². The molecule has 160 valence electrons. The van der Waals surface area contributed by atoms with Crippen LogP contribution >= 0.6 is 0 Å². The zero-order chi connectivity index (χ0) is 22.1. The summed E-state index contributed by atoms with van der Waals surface area (Å²) < 4.78 is 11.2. The predicted octanol–water partition coefficient (Wildman–Crippen LogP) is 3.82. The molecule has 2 amide bonds. The van der Waals surface area contributed by atoms with Gasteiger partial charge in [0.05, 0.1) is 18.4 Å². The number of para-hydroxylation sites is 3. The number of carbonyl (C=O) groups excluding carboxylic acids is 2. The van der Waals surface area contributed by atoms with Crippen LogP contribution in [0, 0.1) is 0 Å². The third-order valence-corrected chi connectivity index (χ3v) is 4.61. The predicted molar refractivity (Wildman–Crippen MR) is 118 cm³/mol. The van der Waals surface area contributed by atoms with Crippen LogP contribution in [0.5, 0.6) is 11.5 Å². The topological polar surface area (TPSA) is 89.5 Å². The molecule has 0 aliphatic carbocycles. The molecule has 1 aromatic heterocycles. The Bertz CT molecular complexity index is 1020. The maximum Gasteiger partial charge on any atom is 0.265 e. The second-order valence-electron chi connectivity index (χ2n) is 6.74. The standard InChI is InChI=1S/C24H25N3O4/c1-3-20(31-22-13-7-6-12-21(22)30-2)24(29)27-19-11-5-4-10-18(19)23(28)26-16-17-9-8-14-25-15-17/h4-15,20H,3,16H2,1-2H3,(H,26,28)(H,27,29)/t20-/m1/s1. The van der Waals surface area contributed by atoms with E-state index in [0.717, 1.165) is 5.56 Å².